The zero-order chi connectivity index (χ0) is 11.5. The molecule has 0 aromatic heterocycles. The summed E-state index contributed by atoms with van der Waals surface area (Å²) in [6.07, 6.45) is 4.62. The first-order chi connectivity index (χ1) is 7.68. The van der Waals surface area contributed by atoms with Gasteiger partial charge >= 0.3 is 5.97 Å². The summed E-state index contributed by atoms with van der Waals surface area (Å²) in [6, 6.07) is 5.38. The number of hydrogen-bond donors (Lipinski definition) is 1. The molecule has 3 nitrogen and oxygen atoms in total. The lowest BCUT2D eigenvalue weighted by Crippen LogP contribution is -2.14. The average Bonchev–Trinajstić information content (AvgIpc) is 2.70. The summed E-state index contributed by atoms with van der Waals surface area (Å²) in [7, 11) is 0. The maximum Gasteiger partial charge on any atom is 0.339 e. The largest absolute Gasteiger partial charge is 0.490 e. The summed E-state index contributed by atoms with van der Waals surface area (Å²) in [5, 5.41) is 9.14. The first-order valence-electron chi connectivity index (χ1n) is 5.68. The van der Waals surface area contributed by atoms with Crippen molar-refractivity contribution in [2.24, 2.45) is 0 Å². The third-order valence-corrected chi connectivity index (χ3v) is 3.04. The lowest BCUT2D eigenvalue weighted by atomic mass is 10.1. The molecule has 1 aliphatic carbocycles. The van der Waals surface area contributed by atoms with Crippen LogP contribution in [0, 0.1) is 6.92 Å². The third-order valence-electron chi connectivity index (χ3n) is 3.04. The second kappa shape index (κ2) is 4.56. The van der Waals surface area contributed by atoms with Crippen molar-refractivity contribution in [3.63, 3.8) is 0 Å². The summed E-state index contributed by atoms with van der Waals surface area (Å²) in [5.41, 5.74) is 1.05. The van der Waals surface area contributed by atoms with E-state index in [2.05, 4.69) is 0 Å². The summed E-state index contributed by atoms with van der Waals surface area (Å²) in [6.45, 7) is 1.80. The van der Waals surface area contributed by atoms with E-state index in [0.29, 0.717) is 11.3 Å². The highest BCUT2D eigenvalue weighted by atomic mass is 16.5. The van der Waals surface area contributed by atoms with Crippen LogP contribution in [0.1, 0.15) is 41.6 Å². The molecule has 1 aromatic carbocycles. The Balaban J connectivity index is 2.25. The molecule has 1 N–H and O–H groups in total. The van der Waals surface area contributed by atoms with Gasteiger partial charge in [0.2, 0.25) is 0 Å². The molecule has 0 amide bonds. The predicted molar refractivity (Wildman–Crippen MR) is 61.0 cm³/mol. The Hall–Kier alpha value is -1.51. The average molecular weight is 220 g/mol. The molecule has 1 aromatic rings. The van der Waals surface area contributed by atoms with Crippen LogP contribution in [0.4, 0.5) is 0 Å². The van der Waals surface area contributed by atoms with Gasteiger partial charge in [0.25, 0.3) is 0 Å². The van der Waals surface area contributed by atoms with Gasteiger partial charge in [0.15, 0.2) is 0 Å². The Kier molecular flexibility index (Phi) is 3.13. The molecule has 1 saturated carbocycles. The summed E-state index contributed by atoms with van der Waals surface area (Å²) in [5.74, 6) is -0.398. The minimum atomic E-state index is -0.911. The van der Waals surface area contributed by atoms with E-state index in [1.807, 2.05) is 6.07 Å². The Labute approximate surface area is 95.0 Å². The summed E-state index contributed by atoms with van der Waals surface area (Å²) < 4.78 is 5.77. The monoisotopic (exact) mass is 220 g/mol. The number of carbonyl (C=O) groups is 1. The first-order valence-corrected chi connectivity index (χ1v) is 5.68. The molecular weight excluding hydrogens is 204 g/mol. The van der Waals surface area contributed by atoms with Crippen molar-refractivity contribution in [3.05, 3.63) is 29.3 Å². The van der Waals surface area contributed by atoms with E-state index < -0.39 is 5.97 Å². The van der Waals surface area contributed by atoms with Crippen LogP contribution < -0.4 is 4.74 Å². The molecule has 0 bridgehead atoms. The topological polar surface area (TPSA) is 46.5 Å². The highest BCUT2D eigenvalue weighted by Crippen LogP contribution is 2.28. The fourth-order valence-corrected chi connectivity index (χ4v) is 2.20. The number of ether oxygens (including phenoxy) is 1. The van der Waals surface area contributed by atoms with E-state index in [4.69, 9.17) is 9.84 Å². The molecule has 0 heterocycles. The van der Waals surface area contributed by atoms with E-state index >= 15 is 0 Å². The van der Waals surface area contributed by atoms with Crippen LogP contribution in [-0.4, -0.2) is 17.2 Å². The normalized spacial score (nSPS) is 16.3. The second-order valence-corrected chi connectivity index (χ2v) is 4.28. The zero-order valence-electron chi connectivity index (χ0n) is 9.40. The van der Waals surface area contributed by atoms with Gasteiger partial charge in [-0.3, -0.25) is 0 Å². The lowest BCUT2D eigenvalue weighted by Gasteiger charge is -2.15. The Morgan fingerprint density at radius 1 is 1.38 bits per heavy atom. The van der Waals surface area contributed by atoms with Crippen molar-refractivity contribution in [1.29, 1.82) is 0 Å². The first kappa shape index (κ1) is 11.0. The van der Waals surface area contributed by atoms with Crippen molar-refractivity contribution < 1.29 is 14.6 Å². The number of carboxylic acid groups (broad SMARTS) is 1. The maximum atomic E-state index is 11.1. The number of carboxylic acids is 1. The molecule has 86 valence electrons. The third kappa shape index (κ3) is 2.18. The molecule has 0 aliphatic heterocycles. The van der Waals surface area contributed by atoms with Crippen LogP contribution in [0.2, 0.25) is 0 Å². The van der Waals surface area contributed by atoms with Crippen molar-refractivity contribution >= 4 is 5.97 Å². The smallest absolute Gasteiger partial charge is 0.339 e. The summed E-state index contributed by atoms with van der Waals surface area (Å²) in [4.78, 5) is 11.1. The van der Waals surface area contributed by atoms with Crippen LogP contribution in [0.25, 0.3) is 0 Å². The Morgan fingerprint density at radius 2 is 2.06 bits per heavy atom. The SMILES string of the molecule is Cc1cccc(OC2CCCC2)c1C(=O)O. The van der Waals surface area contributed by atoms with E-state index in [0.717, 1.165) is 18.4 Å². The van der Waals surface area contributed by atoms with Gasteiger partial charge in [0.05, 0.1) is 6.10 Å². The maximum absolute atomic E-state index is 11.1. The number of hydrogen-bond acceptors (Lipinski definition) is 2. The molecule has 3 heteroatoms. The number of benzene rings is 1. The van der Waals surface area contributed by atoms with Crippen LogP contribution in [0.5, 0.6) is 5.75 Å². The fourth-order valence-electron chi connectivity index (χ4n) is 2.20. The molecule has 0 atom stereocenters. The van der Waals surface area contributed by atoms with E-state index in [1.165, 1.54) is 12.8 Å². The molecule has 0 unspecified atom stereocenters. The van der Waals surface area contributed by atoms with Gasteiger partial charge in [-0.2, -0.15) is 0 Å². The number of aryl methyl sites for hydroxylation is 1. The van der Waals surface area contributed by atoms with Crippen molar-refractivity contribution in [2.45, 2.75) is 38.7 Å². The molecule has 0 saturated heterocycles. The van der Waals surface area contributed by atoms with E-state index in [1.54, 1.807) is 19.1 Å². The molecule has 1 fully saturated rings. The van der Waals surface area contributed by atoms with Gasteiger partial charge in [-0.1, -0.05) is 12.1 Å². The van der Waals surface area contributed by atoms with E-state index in [9.17, 15) is 4.79 Å². The highest BCUT2D eigenvalue weighted by Gasteiger charge is 2.20. The molecule has 0 spiro atoms. The van der Waals surface area contributed by atoms with Crippen LogP contribution in [0.15, 0.2) is 18.2 Å². The lowest BCUT2D eigenvalue weighted by molar-refractivity contribution is 0.0688. The molecule has 2 rings (SSSR count). The molecule has 16 heavy (non-hydrogen) atoms. The standard InChI is InChI=1S/C13H16O3/c1-9-5-4-8-11(12(9)13(14)15)16-10-6-2-3-7-10/h4-5,8,10H,2-3,6-7H2,1H3,(H,14,15). The minimum absolute atomic E-state index is 0.194. The van der Waals surface area contributed by atoms with Crippen LogP contribution in [0.3, 0.4) is 0 Å². The zero-order valence-corrected chi connectivity index (χ0v) is 9.40. The van der Waals surface area contributed by atoms with Crippen molar-refractivity contribution in [1.82, 2.24) is 0 Å². The number of rotatable bonds is 3. The van der Waals surface area contributed by atoms with E-state index in [-0.39, 0.29) is 6.10 Å². The minimum Gasteiger partial charge on any atom is -0.490 e. The van der Waals surface area contributed by atoms with Gasteiger partial charge in [-0.15, -0.1) is 0 Å². The van der Waals surface area contributed by atoms with Crippen LogP contribution in [-0.2, 0) is 0 Å². The van der Waals surface area contributed by atoms with Gasteiger partial charge < -0.3 is 9.84 Å². The van der Waals surface area contributed by atoms with Gasteiger partial charge in [-0.05, 0) is 44.2 Å². The van der Waals surface area contributed by atoms with Gasteiger partial charge in [0.1, 0.15) is 11.3 Å². The quantitative estimate of drug-likeness (QED) is 0.851. The van der Waals surface area contributed by atoms with Crippen molar-refractivity contribution in [2.75, 3.05) is 0 Å². The fraction of sp³-hybridized carbons (Fsp3) is 0.462. The molecule has 1 aliphatic rings. The van der Waals surface area contributed by atoms with Crippen LogP contribution >= 0.6 is 0 Å². The molecular formula is C13H16O3. The number of aromatic carboxylic acids is 1. The summed E-state index contributed by atoms with van der Waals surface area (Å²) >= 11 is 0. The predicted octanol–water partition coefficient (Wildman–Crippen LogP) is 3.01. The second-order valence-electron chi connectivity index (χ2n) is 4.28. The molecule has 0 radical (unpaired) electrons. The van der Waals surface area contributed by atoms with Gasteiger partial charge in [-0.25, -0.2) is 4.79 Å². The van der Waals surface area contributed by atoms with Gasteiger partial charge in [0, 0.05) is 0 Å². The Bertz CT molecular complexity index is 392. The Morgan fingerprint density at radius 3 is 2.69 bits per heavy atom. The van der Waals surface area contributed by atoms with Crippen molar-refractivity contribution in [3.8, 4) is 5.75 Å². The highest BCUT2D eigenvalue weighted by molar-refractivity contribution is 5.92.